The Morgan fingerprint density at radius 3 is 2.46 bits per heavy atom. The van der Waals surface area contributed by atoms with Crippen molar-refractivity contribution in [1.29, 1.82) is 0 Å². The lowest BCUT2D eigenvalue weighted by atomic mass is 10.1. The van der Waals surface area contributed by atoms with Crippen LogP contribution in [-0.2, 0) is 6.42 Å². The molecule has 0 aliphatic rings. The van der Waals surface area contributed by atoms with Gasteiger partial charge in [-0.05, 0) is 50.8 Å². The van der Waals surface area contributed by atoms with Crippen LogP contribution in [0.2, 0.25) is 0 Å². The molecule has 0 bridgehead atoms. The molecule has 2 N–H and O–H groups in total. The van der Waals surface area contributed by atoms with Crippen LogP contribution in [0.1, 0.15) is 28.8 Å². The first-order chi connectivity index (χ1) is 12.6. The summed E-state index contributed by atoms with van der Waals surface area (Å²) >= 11 is 0. The van der Waals surface area contributed by atoms with Gasteiger partial charge < -0.3 is 10.6 Å². The Balaban J connectivity index is 1.60. The Bertz CT molecular complexity index is 859. The number of nitrogens with zero attached hydrogens (tertiary/aromatic N) is 2. The molecule has 0 saturated carbocycles. The summed E-state index contributed by atoms with van der Waals surface area (Å²) in [5, 5.41) is 6.75. The van der Waals surface area contributed by atoms with Crippen molar-refractivity contribution in [3.63, 3.8) is 0 Å². The molecule has 3 aromatic rings. The molecule has 0 amide bonds. The van der Waals surface area contributed by atoms with Gasteiger partial charge in [0, 0.05) is 24.0 Å². The molecule has 134 valence electrons. The Kier molecular flexibility index (Phi) is 5.84. The number of benzene rings is 2. The number of nitrogens with one attached hydrogen (secondary N) is 2. The minimum atomic E-state index is 0.672. The van der Waals surface area contributed by atoms with Crippen molar-refractivity contribution in [2.24, 2.45) is 0 Å². The summed E-state index contributed by atoms with van der Waals surface area (Å²) in [6, 6.07) is 18.9. The molecule has 3 rings (SSSR count). The zero-order valence-electron chi connectivity index (χ0n) is 15.7. The van der Waals surface area contributed by atoms with Crippen LogP contribution < -0.4 is 10.6 Å². The largest absolute Gasteiger partial charge is 0.354 e. The van der Waals surface area contributed by atoms with Crippen molar-refractivity contribution in [3.05, 3.63) is 77.0 Å². The second-order valence-electron chi connectivity index (χ2n) is 6.68. The van der Waals surface area contributed by atoms with Gasteiger partial charge in [-0.15, -0.1) is 0 Å². The molecule has 2 aromatic carbocycles. The van der Waals surface area contributed by atoms with Gasteiger partial charge in [-0.2, -0.15) is 4.98 Å². The molecular weight excluding hydrogens is 320 g/mol. The Morgan fingerprint density at radius 2 is 1.69 bits per heavy atom. The van der Waals surface area contributed by atoms with Gasteiger partial charge in [0.15, 0.2) is 0 Å². The average molecular weight is 346 g/mol. The summed E-state index contributed by atoms with van der Waals surface area (Å²) in [6.07, 6.45) is 2.09. The third kappa shape index (κ3) is 5.06. The summed E-state index contributed by atoms with van der Waals surface area (Å²) in [5.41, 5.74) is 5.84. The van der Waals surface area contributed by atoms with Crippen molar-refractivity contribution in [2.45, 2.75) is 33.6 Å². The van der Waals surface area contributed by atoms with E-state index in [4.69, 9.17) is 0 Å². The van der Waals surface area contributed by atoms with Crippen LogP contribution in [-0.4, -0.2) is 16.5 Å². The molecular formula is C22H26N4. The van der Waals surface area contributed by atoms with E-state index in [1.165, 1.54) is 16.7 Å². The van der Waals surface area contributed by atoms with E-state index >= 15 is 0 Å². The van der Waals surface area contributed by atoms with E-state index in [2.05, 4.69) is 76.9 Å². The molecule has 1 heterocycles. The van der Waals surface area contributed by atoms with Gasteiger partial charge >= 0.3 is 0 Å². The molecule has 0 aliphatic carbocycles. The molecule has 0 spiro atoms. The van der Waals surface area contributed by atoms with Gasteiger partial charge in [-0.1, -0.05) is 48.0 Å². The highest BCUT2D eigenvalue weighted by atomic mass is 15.1. The van der Waals surface area contributed by atoms with Gasteiger partial charge in [0.2, 0.25) is 5.95 Å². The van der Waals surface area contributed by atoms with E-state index in [1.54, 1.807) is 0 Å². The van der Waals surface area contributed by atoms with Crippen LogP contribution in [0.5, 0.6) is 0 Å². The summed E-state index contributed by atoms with van der Waals surface area (Å²) in [4.78, 5) is 9.10. The number of rotatable bonds is 7. The van der Waals surface area contributed by atoms with Crippen molar-refractivity contribution < 1.29 is 0 Å². The average Bonchev–Trinajstić information content (AvgIpc) is 2.62. The van der Waals surface area contributed by atoms with E-state index in [9.17, 15) is 0 Å². The highest BCUT2D eigenvalue weighted by Crippen LogP contribution is 2.21. The van der Waals surface area contributed by atoms with Crippen LogP contribution in [0, 0.1) is 20.8 Å². The number of aromatic nitrogens is 2. The summed E-state index contributed by atoms with van der Waals surface area (Å²) in [5.74, 6) is 1.49. The second-order valence-corrected chi connectivity index (χ2v) is 6.68. The molecule has 0 fully saturated rings. The normalized spacial score (nSPS) is 10.6. The standard InChI is InChI=1S/C22H26N4/c1-16-11-12-20(17(2)14-16)25-21-15-18(3)24-22(26-21)23-13-7-10-19-8-5-4-6-9-19/h4-6,8-9,11-12,14-15H,7,10,13H2,1-3H3,(H2,23,24,25,26). The van der Waals surface area contributed by atoms with Gasteiger partial charge in [-0.3, -0.25) is 0 Å². The Morgan fingerprint density at radius 1 is 0.885 bits per heavy atom. The third-order valence-corrected chi connectivity index (χ3v) is 4.27. The second kappa shape index (κ2) is 8.48. The first kappa shape index (κ1) is 17.9. The molecule has 0 atom stereocenters. The van der Waals surface area contributed by atoms with E-state index < -0.39 is 0 Å². The van der Waals surface area contributed by atoms with E-state index in [0.717, 1.165) is 36.6 Å². The fourth-order valence-corrected chi connectivity index (χ4v) is 2.94. The number of aryl methyl sites for hydroxylation is 4. The molecule has 4 nitrogen and oxygen atoms in total. The van der Waals surface area contributed by atoms with Crippen LogP contribution in [0.3, 0.4) is 0 Å². The number of hydrogen-bond acceptors (Lipinski definition) is 4. The first-order valence-electron chi connectivity index (χ1n) is 9.08. The molecule has 4 heteroatoms. The maximum atomic E-state index is 4.60. The molecule has 0 aliphatic heterocycles. The predicted octanol–water partition coefficient (Wildman–Crippen LogP) is 5.19. The fourth-order valence-electron chi connectivity index (χ4n) is 2.94. The van der Waals surface area contributed by atoms with Gasteiger partial charge in [0.1, 0.15) is 5.82 Å². The summed E-state index contributed by atoms with van der Waals surface area (Å²) in [7, 11) is 0. The highest BCUT2D eigenvalue weighted by molar-refractivity contribution is 5.61. The maximum Gasteiger partial charge on any atom is 0.224 e. The Hall–Kier alpha value is -2.88. The topological polar surface area (TPSA) is 49.8 Å². The van der Waals surface area contributed by atoms with Crippen molar-refractivity contribution in [1.82, 2.24) is 9.97 Å². The van der Waals surface area contributed by atoms with Crippen molar-refractivity contribution in [3.8, 4) is 0 Å². The van der Waals surface area contributed by atoms with Crippen LogP contribution in [0.25, 0.3) is 0 Å². The zero-order chi connectivity index (χ0) is 18.4. The van der Waals surface area contributed by atoms with E-state index in [-0.39, 0.29) is 0 Å². The Labute approximate surface area is 155 Å². The quantitative estimate of drug-likeness (QED) is 0.578. The smallest absolute Gasteiger partial charge is 0.224 e. The number of anilines is 3. The lowest BCUT2D eigenvalue weighted by Crippen LogP contribution is -2.08. The molecule has 0 radical (unpaired) electrons. The van der Waals surface area contributed by atoms with Crippen LogP contribution in [0.15, 0.2) is 54.6 Å². The van der Waals surface area contributed by atoms with Gasteiger partial charge in [0.25, 0.3) is 0 Å². The maximum absolute atomic E-state index is 4.60. The summed E-state index contributed by atoms with van der Waals surface area (Å²) in [6.45, 7) is 7.04. The molecule has 0 saturated heterocycles. The van der Waals surface area contributed by atoms with Crippen LogP contribution >= 0.6 is 0 Å². The number of hydrogen-bond donors (Lipinski definition) is 2. The van der Waals surface area contributed by atoms with Crippen molar-refractivity contribution >= 4 is 17.5 Å². The van der Waals surface area contributed by atoms with Gasteiger partial charge in [0.05, 0.1) is 0 Å². The highest BCUT2D eigenvalue weighted by Gasteiger charge is 2.05. The minimum absolute atomic E-state index is 0.672. The zero-order valence-corrected chi connectivity index (χ0v) is 15.7. The third-order valence-electron chi connectivity index (χ3n) is 4.27. The molecule has 1 aromatic heterocycles. The van der Waals surface area contributed by atoms with Crippen LogP contribution in [0.4, 0.5) is 17.5 Å². The lowest BCUT2D eigenvalue weighted by Gasteiger charge is -2.12. The van der Waals surface area contributed by atoms with Crippen molar-refractivity contribution in [2.75, 3.05) is 17.2 Å². The minimum Gasteiger partial charge on any atom is -0.354 e. The monoisotopic (exact) mass is 346 g/mol. The van der Waals surface area contributed by atoms with E-state index in [0.29, 0.717) is 5.95 Å². The fraction of sp³-hybridized carbons (Fsp3) is 0.273. The van der Waals surface area contributed by atoms with Gasteiger partial charge in [-0.25, -0.2) is 4.98 Å². The van der Waals surface area contributed by atoms with E-state index in [1.807, 2.05) is 19.1 Å². The SMILES string of the molecule is Cc1ccc(Nc2cc(C)nc(NCCCc3ccccc3)n2)c(C)c1. The lowest BCUT2D eigenvalue weighted by molar-refractivity contribution is 0.851. The molecule has 0 unspecified atom stereocenters. The first-order valence-corrected chi connectivity index (χ1v) is 9.08. The predicted molar refractivity (Wildman–Crippen MR) is 109 cm³/mol. The molecule has 26 heavy (non-hydrogen) atoms. The summed E-state index contributed by atoms with van der Waals surface area (Å²) < 4.78 is 0.